The van der Waals surface area contributed by atoms with Gasteiger partial charge in [0.2, 0.25) is 5.13 Å². The number of ether oxygens (including phenoxy) is 1. The number of carbonyl (C=O) groups is 2. The first-order valence-corrected chi connectivity index (χ1v) is 8.28. The highest BCUT2D eigenvalue weighted by molar-refractivity contribution is 7.10. The van der Waals surface area contributed by atoms with E-state index < -0.39 is 17.7 Å². The van der Waals surface area contributed by atoms with Gasteiger partial charge in [-0.3, -0.25) is 5.32 Å². The van der Waals surface area contributed by atoms with Crippen molar-refractivity contribution in [1.29, 1.82) is 0 Å². The number of allylic oxidation sites excluding steroid dienone is 1. The quantitative estimate of drug-likeness (QED) is 0.575. The zero-order valence-electron chi connectivity index (χ0n) is 13.9. The predicted octanol–water partition coefficient (Wildman–Crippen LogP) is 3.93. The third-order valence-corrected chi connectivity index (χ3v) is 3.29. The number of carboxylic acids is 1. The predicted molar refractivity (Wildman–Crippen MR) is 89.5 cm³/mol. The normalized spacial score (nSPS) is 12.1. The lowest BCUT2D eigenvalue weighted by molar-refractivity contribution is -0.130. The molecule has 0 unspecified atom stereocenters. The van der Waals surface area contributed by atoms with Crippen molar-refractivity contribution in [2.45, 2.75) is 59.0 Å². The Bertz CT molecular complexity index is 576. The van der Waals surface area contributed by atoms with Crippen LogP contribution in [-0.2, 0) is 9.53 Å². The van der Waals surface area contributed by atoms with Crippen LogP contribution in [-0.4, -0.2) is 32.1 Å². The zero-order valence-corrected chi connectivity index (χ0v) is 14.7. The van der Waals surface area contributed by atoms with Gasteiger partial charge in [-0.1, -0.05) is 25.8 Å². The van der Waals surface area contributed by atoms with Crippen molar-refractivity contribution in [2.24, 2.45) is 0 Å². The second-order valence-electron chi connectivity index (χ2n) is 5.97. The summed E-state index contributed by atoms with van der Waals surface area (Å²) in [4.78, 5) is 27.0. The maximum Gasteiger partial charge on any atom is 0.414 e. The molecule has 1 amide bonds. The molecule has 0 aliphatic carbocycles. The minimum Gasteiger partial charge on any atom is -0.478 e. The summed E-state index contributed by atoms with van der Waals surface area (Å²) >= 11 is 0.916. The van der Waals surface area contributed by atoms with Crippen LogP contribution in [0.4, 0.5) is 9.93 Å². The van der Waals surface area contributed by atoms with Gasteiger partial charge in [0.15, 0.2) is 5.82 Å². The Balaban J connectivity index is 2.75. The Morgan fingerprint density at radius 2 is 2.04 bits per heavy atom. The number of carboxylic acid groups (broad SMARTS) is 1. The largest absolute Gasteiger partial charge is 0.478 e. The van der Waals surface area contributed by atoms with Crippen molar-refractivity contribution >= 4 is 34.3 Å². The van der Waals surface area contributed by atoms with Crippen LogP contribution < -0.4 is 5.32 Å². The number of anilines is 1. The van der Waals surface area contributed by atoms with Crippen LogP contribution in [0.1, 0.15) is 59.2 Å². The molecule has 0 radical (unpaired) electrons. The molecule has 0 atom stereocenters. The van der Waals surface area contributed by atoms with Gasteiger partial charge in [0.05, 0.1) is 0 Å². The number of aromatic nitrogens is 2. The molecule has 0 spiro atoms. The van der Waals surface area contributed by atoms with Gasteiger partial charge >= 0.3 is 12.1 Å². The monoisotopic (exact) mass is 341 g/mol. The molecular formula is C15H23N3O4S. The van der Waals surface area contributed by atoms with E-state index in [0.29, 0.717) is 6.42 Å². The number of unbranched alkanes of at least 4 members (excludes halogenated alkanes) is 3. The smallest absolute Gasteiger partial charge is 0.414 e. The van der Waals surface area contributed by atoms with Gasteiger partial charge in [0.1, 0.15) is 11.2 Å². The highest BCUT2D eigenvalue weighted by Gasteiger charge is 2.20. The lowest BCUT2D eigenvalue weighted by atomic mass is 10.1. The molecule has 0 fully saturated rings. The molecule has 1 heterocycles. The van der Waals surface area contributed by atoms with Crippen molar-refractivity contribution in [2.75, 3.05) is 5.32 Å². The topological polar surface area (TPSA) is 101 Å². The average molecular weight is 341 g/mol. The summed E-state index contributed by atoms with van der Waals surface area (Å²) in [6, 6.07) is 0. The first-order chi connectivity index (χ1) is 10.7. The second-order valence-corrected chi connectivity index (χ2v) is 6.72. The first kappa shape index (κ1) is 19.1. The molecule has 1 rings (SSSR count). The van der Waals surface area contributed by atoms with Crippen LogP contribution in [0.3, 0.4) is 0 Å². The van der Waals surface area contributed by atoms with Crippen molar-refractivity contribution in [3.8, 4) is 0 Å². The minimum atomic E-state index is -1.08. The molecule has 23 heavy (non-hydrogen) atoms. The fourth-order valence-corrected chi connectivity index (χ4v) is 2.26. The number of nitrogens with one attached hydrogen (secondary N) is 1. The highest BCUT2D eigenvalue weighted by Crippen LogP contribution is 2.20. The van der Waals surface area contributed by atoms with Crippen molar-refractivity contribution in [1.82, 2.24) is 9.36 Å². The van der Waals surface area contributed by atoms with Gasteiger partial charge in [-0.25, -0.2) is 9.59 Å². The van der Waals surface area contributed by atoms with Crippen LogP contribution in [0, 0.1) is 0 Å². The van der Waals surface area contributed by atoms with E-state index in [1.54, 1.807) is 26.8 Å². The second kappa shape index (κ2) is 8.61. The summed E-state index contributed by atoms with van der Waals surface area (Å²) < 4.78 is 9.11. The van der Waals surface area contributed by atoms with E-state index in [1.165, 1.54) is 0 Å². The standard InChI is InChI=1S/C15H23N3O4S/c1-5-6-7-8-9-10(12(19)20)11-16-13(23-18-11)17-14(21)22-15(2,3)4/h9H,5-8H2,1-4H3,(H,19,20)(H,16,17,18,21)/b10-9-. The first-order valence-electron chi connectivity index (χ1n) is 7.50. The van der Waals surface area contributed by atoms with Crippen molar-refractivity contribution in [3.63, 3.8) is 0 Å². The SMILES string of the molecule is CCCCC/C=C(\C(=O)O)c1nsc(NC(=O)OC(C)(C)C)n1. The van der Waals surface area contributed by atoms with E-state index >= 15 is 0 Å². The van der Waals surface area contributed by atoms with Crippen molar-refractivity contribution in [3.05, 3.63) is 11.9 Å². The summed E-state index contributed by atoms with van der Waals surface area (Å²) in [5.74, 6) is -0.979. The maximum atomic E-state index is 11.7. The Hall–Kier alpha value is -1.96. The number of hydrogen-bond donors (Lipinski definition) is 2. The van der Waals surface area contributed by atoms with E-state index in [9.17, 15) is 14.7 Å². The highest BCUT2D eigenvalue weighted by atomic mass is 32.1. The number of rotatable bonds is 7. The molecular weight excluding hydrogens is 318 g/mol. The van der Waals surface area contributed by atoms with Gasteiger partial charge in [-0.05, 0) is 33.6 Å². The minimum absolute atomic E-state index is 0.0505. The summed E-state index contributed by atoms with van der Waals surface area (Å²) in [5, 5.41) is 11.9. The van der Waals surface area contributed by atoms with Gasteiger partial charge < -0.3 is 9.84 Å². The van der Waals surface area contributed by atoms with E-state index in [0.717, 1.165) is 30.8 Å². The van der Waals surface area contributed by atoms with Gasteiger partial charge in [0, 0.05) is 11.5 Å². The van der Waals surface area contributed by atoms with Gasteiger partial charge in [-0.2, -0.15) is 9.36 Å². The third-order valence-electron chi connectivity index (χ3n) is 2.66. The number of carbonyl (C=O) groups excluding carboxylic acids is 1. The fourth-order valence-electron chi connectivity index (χ4n) is 1.69. The number of nitrogens with zero attached hydrogens (tertiary/aromatic N) is 2. The molecule has 0 aliphatic heterocycles. The Kier molecular flexibility index (Phi) is 7.15. The fraction of sp³-hybridized carbons (Fsp3) is 0.600. The molecule has 1 aromatic heterocycles. The Morgan fingerprint density at radius 1 is 1.35 bits per heavy atom. The molecule has 0 bridgehead atoms. The van der Waals surface area contributed by atoms with E-state index in [1.807, 2.05) is 0 Å². The lowest BCUT2D eigenvalue weighted by Crippen LogP contribution is -2.27. The van der Waals surface area contributed by atoms with Crippen LogP contribution in [0.25, 0.3) is 5.57 Å². The van der Waals surface area contributed by atoms with Crippen molar-refractivity contribution < 1.29 is 19.4 Å². The number of amides is 1. The Labute approximate surface area is 139 Å². The average Bonchev–Trinajstić information content (AvgIpc) is 2.84. The summed E-state index contributed by atoms with van der Waals surface area (Å²) in [5.41, 5.74) is -0.571. The molecule has 0 aromatic carbocycles. The zero-order chi connectivity index (χ0) is 17.5. The lowest BCUT2D eigenvalue weighted by Gasteiger charge is -2.18. The summed E-state index contributed by atoms with van der Waals surface area (Å²) in [6.45, 7) is 7.33. The third kappa shape index (κ3) is 7.23. The molecule has 1 aromatic rings. The molecule has 8 heteroatoms. The van der Waals surface area contributed by atoms with Crippen LogP contribution in [0.2, 0.25) is 0 Å². The van der Waals surface area contributed by atoms with Crippen LogP contribution in [0.5, 0.6) is 0 Å². The molecule has 128 valence electrons. The van der Waals surface area contributed by atoms with E-state index in [4.69, 9.17) is 4.74 Å². The molecule has 2 N–H and O–H groups in total. The summed E-state index contributed by atoms with van der Waals surface area (Å²) in [6.07, 6.45) is 4.65. The van der Waals surface area contributed by atoms with Crippen LogP contribution in [0.15, 0.2) is 6.08 Å². The number of aliphatic carboxylic acids is 1. The Morgan fingerprint density at radius 3 is 2.61 bits per heavy atom. The molecule has 0 saturated carbocycles. The van der Waals surface area contributed by atoms with Gasteiger partial charge in [-0.15, -0.1) is 0 Å². The molecule has 0 aliphatic rings. The number of hydrogen-bond acceptors (Lipinski definition) is 6. The molecule has 7 nitrogen and oxygen atoms in total. The maximum absolute atomic E-state index is 11.7. The molecule has 0 saturated heterocycles. The summed E-state index contributed by atoms with van der Waals surface area (Å²) in [7, 11) is 0. The van der Waals surface area contributed by atoms with E-state index in [-0.39, 0.29) is 16.5 Å². The van der Waals surface area contributed by atoms with E-state index in [2.05, 4.69) is 21.6 Å². The van der Waals surface area contributed by atoms with Gasteiger partial charge in [0.25, 0.3) is 0 Å². The van der Waals surface area contributed by atoms with Crippen LogP contribution >= 0.6 is 11.5 Å².